The highest BCUT2D eigenvalue weighted by atomic mass is 35.5. The van der Waals surface area contributed by atoms with E-state index in [9.17, 15) is 4.79 Å². The van der Waals surface area contributed by atoms with Crippen LogP contribution in [0.3, 0.4) is 0 Å². The van der Waals surface area contributed by atoms with Crippen LogP contribution in [-0.4, -0.2) is 16.1 Å². The van der Waals surface area contributed by atoms with Crippen LogP contribution in [0.2, 0.25) is 5.02 Å². The molecule has 6 heteroatoms. The molecule has 18 heavy (non-hydrogen) atoms. The molecule has 2 aromatic rings. The van der Waals surface area contributed by atoms with Gasteiger partial charge in [0.15, 0.2) is 0 Å². The first-order valence-corrected chi connectivity index (χ1v) is 6.18. The smallest absolute Gasteiger partial charge is 0.337 e. The zero-order chi connectivity index (χ0) is 13.1. The van der Waals surface area contributed by atoms with E-state index in [4.69, 9.17) is 22.4 Å². The normalized spacial score (nSPS) is 10.3. The fourth-order valence-electron chi connectivity index (χ4n) is 1.34. The minimum Gasteiger partial charge on any atom is -0.478 e. The van der Waals surface area contributed by atoms with Gasteiger partial charge in [-0.3, -0.25) is 0 Å². The molecule has 92 valence electrons. The summed E-state index contributed by atoms with van der Waals surface area (Å²) in [4.78, 5) is 15.8. The second-order valence-electron chi connectivity index (χ2n) is 3.47. The van der Waals surface area contributed by atoms with Gasteiger partial charge in [-0.1, -0.05) is 23.4 Å². The number of hydrogen-bond acceptors (Lipinski definition) is 4. The number of carboxylic acid groups (broad SMARTS) is 1. The number of aromatic nitrogens is 1. The molecule has 1 aromatic heterocycles. The van der Waals surface area contributed by atoms with Gasteiger partial charge in [-0.25, -0.2) is 9.78 Å². The molecule has 0 atom stereocenters. The van der Waals surface area contributed by atoms with E-state index in [1.165, 1.54) is 17.8 Å². The summed E-state index contributed by atoms with van der Waals surface area (Å²) in [7, 11) is 0. The maximum Gasteiger partial charge on any atom is 0.337 e. The fourth-order valence-corrected chi connectivity index (χ4v) is 2.26. The average Bonchev–Trinajstić information content (AvgIpc) is 2.32. The Bertz CT molecular complexity index is 587. The number of nitrogen functional groups attached to an aromatic ring is 1. The third kappa shape index (κ3) is 2.94. The molecule has 2 rings (SSSR count). The van der Waals surface area contributed by atoms with Gasteiger partial charge in [0.1, 0.15) is 5.03 Å². The lowest BCUT2D eigenvalue weighted by Crippen LogP contribution is -2.01. The van der Waals surface area contributed by atoms with E-state index < -0.39 is 5.97 Å². The van der Waals surface area contributed by atoms with Crippen LogP contribution < -0.4 is 5.73 Å². The Balaban J connectivity index is 2.22. The maximum absolute atomic E-state index is 10.8. The summed E-state index contributed by atoms with van der Waals surface area (Å²) in [5.74, 6) is -1.03. The lowest BCUT2D eigenvalue weighted by molar-refractivity contribution is 0.0698. The molecule has 4 nitrogen and oxygen atoms in total. The summed E-state index contributed by atoms with van der Waals surface area (Å²) in [5.41, 5.74) is 6.00. The Labute approximate surface area is 113 Å². The second kappa shape index (κ2) is 5.29. The van der Waals surface area contributed by atoms with Gasteiger partial charge in [-0.2, -0.15) is 0 Å². The Kier molecular flexibility index (Phi) is 3.74. The molecule has 0 aliphatic carbocycles. The highest BCUT2D eigenvalue weighted by Crippen LogP contribution is 2.29. The van der Waals surface area contributed by atoms with Gasteiger partial charge in [-0.05, 0) is 30.3 Å². The van der Waals surface area contributed by atoms with Crippen molar-refractivity contribution in [1.82, 2.24) is 4.98 Å². The third-order valence-corrected chi connectivity index (χ3v) is 3.34. The number of hydrogen-bond donors (Lipinski definition) is 2. The van der Waals surface area contributed by atoms with Crippen molar-refractivity contribution in [3.8, 4) is 0 Å². The molecular formula is C12H9ClN2O2S. The predicted molar refractivity (Wildman–Crippen MR) is 71.2 cm³/mol. The molecule has 3 N–H and O–H groups in total. The molecule has 0 bridgehead atoms. The van der Waals surface area contributed by atoms with Crippen molar-refractivity contribution in [2.24, 2.45) is 0 Å². The summed E-state index contributed by atoms with van der Waals surface area (Å²) in [5, 5.41) is 10.2. The number of halogens is 1. The summed E-state index contributed by atoms with van der Waals surface area (Å²) in [6.07, 6.45) is 1.55. The lowest BCUT2D eigenvalue weighted by atomic mass is 10.2. The van der Waals surface area contributed by atoms with Crippen LogP contribution in [0, 0.1) is 0 Å². The molecule has 0 amide bonds. The molecule has 0 aliphatic rings. The van der Waals surface area contributed by atoms with Gasteiger partial charge >= 0.3 is 5.97 Å². The minimum atomic E-state index is -1.03. The van der Waals surface area contributed by atoms with Crippen molar-refractivity contribution in [2.45, 2.75) is 9.92 Å². The van der Waals surface area contributed by atoms with Crippen LogP contribution >= 0.6 is 23.4 Å². The summed E-state index contributed by atoms with van der Waals surface area (Å²) in [6, 6.07) is 8.32. The lowest BCUT2D eigenvalue weighted by Gasteiger charge is -2.04. The standard InChI is InChI=1S/C12H9ClN2O2S/c13-7-1-4-11(15-6-7)18-8-2-3-9(12(16)17)10(14)5-8/h1-6H,14H2,(H,16,17). The first-order valence-electron chi connectivity index (χ1n) is 4.98. The number of anilines is 1. The van der Waals surface area contributed by atoms with Crippen LogP contribution in [0.25, 0.3) is 0 Å². The minimum absolute atomic E-state index is 0.100. The number of pyridine rings is 1. The van der Waals surface area contributed by atoms with E-state index in [1.54, 1.807) is 30.5 Å². The second-order valence-corrected chi connectivity index (χ2v) is 5.00. The van der Waals surface area contributed by atoms with Gasteiger partial charge < -0.3 is 10.8 Å². The van der Waals surface area contributed by atoms with Crippen LogP contribution in [0.15, 0.2) is 46.5 Å². The van der Waals surface area contributed by atoms with Crippen LogP contribution in [0.1, 0.15) is 10.4 Å². The molecule has 0 saturated heterocycles. The zero-order valence-electron chi connectivity index (χ0n) is 9.13. The molecule has 0 aliphatic heterocycles. The number of nitrogens with zero attached hydrogens (tertiary/aromatic N) is 1. The fraction of sp³-hybridized carbons (Fsp3) is 0. The number of nitrogens with two attached hydrogens (primary N) is 1. The molecule has 0 spiro atoms. The van der Waals surface area contributed by atoms with Crippen LogP contribution in [0.4, 0.5) is 5.69 Å². The molecule has 0 radical (unpaired) electrons. The quantitative estimate of drug-likeness (QED) is 0.845. The molecule has 0 unspecified atom stereocenters. The highest BCUT2D eigenvalue weighted by molar-refractivity contribution is 7.99. The van der Waals surface area contributed by atoms with E-state index in [2.05, 4.69) is 4.98 Å². The van der Waals surface area contributed by atoms with Crippen molar-refractivity contribution >= 4 is 35.0 Å². The zero-order valence-corrected chi connectivity index (χ0v) is 10.7. The van der Waals surface area contributed by atoms with Crippen molar-refractivity contribution in [1.29, 1.82) is 0 Å². The van der Waals surface area contributed by atoms with Crippen molar-refractivity contribution in [3.63, 3.8) is 0 Å². The topological polar surface area (TPSA) is 76.2 Å². The van der Waals surface area contributed by atoms with E-state index in [-0.39, 0.29) is 11.3 Å². The Morgan fingerprint density at radius 2 is 2.11 bits per heavy atom. The van der Waals surface area contributed by atoms with Crippen molar-refractivity contribution in [3.05, 3.63) is 47.1 Å². The monoisotopic (exact) mass is 280 g/mol. The van der Waals surface area contributed by atoms with Gasteiger partial charge in [-0.15, -0.1) is 0 Å². The molecular weight excluding hydrogens is 272 g/mol. The molecule has 0 fully saturated rings. The highest BCUT2D eigenvalue weighted by Gasteiger charge is 2.08. The number of benzene rings is 1. The first kappa shape index (κ1) is 12.7. The Morgan fingerprint density at radius 1 is 1.33 bits per heavy atom. The van der Waals surface area contributed by atoms with Gasteiger partial charge in [0, 0.05) is 16.8 Å². The SMILES string of the molecule is Nc1cc(Sc2ccc(Cl)cn2)ccc1C(=O)O. The van der Waals surface area contributed by atoms with E-state index in [1.807, 2.05) is 0 Å². The summed E-state index contributed by atoms with van der Waals surface area (Å²) in [6.45, 7) is 0. The molecule has 1 aromatic carbocycles. The van der Waals surface area contributed by atoms with Crippen LogP contribution in [-0.2, 0) is 0 Å². The Hall–Kier alpha value is -1.72. The molecule has 1 heterocycles. The number of rotatable bonds is 3. The maximum atomic E-state index is 10.8. The number of carbonyl (C=O) groups is 1. The van der Waals surface area contributed by atoms with Gasteiger partial charge in [0.25, 0.3) is 0 Å². The van der Waals surface area contributed by atoms with E-state index in [0.717, 1.165) is 9.92 Å². The van der Waals surface area contributed by atoms with E-state index in [0.29, 0.717) is 5.02 Å². The first-order chi connectivity index (χ1) is 8.56. The predicted octanol–water partition coefficient (Wildman–Crippen LogP) is 3.17. The number of aromatic carboxylic acids is 1. The van der Waals surface area contributed by atoms with E-state index >= 15 is 0 Å². The Morgan fingerprint density at radius 3 is 2.67 bits per heavy atom. The number of carboxylic acids is 1. The van der Waals surface area contributed by atoms with Crippen LogP contribution in [0.5, 0.6) is 0 Å². The summed E-state index contributed by atoms with van der Waals surface area (Å²) >= 11 is 7.13. The average molecular weight is 281 g/mol. The largest absolute Gasteiger partial charge is 0.478 e. The molecule has 0 saturated carbocycles. The summed E-state index contributed by atoms with van der Waals surface area (Å²) < 4.78 is 0. The van der Waals surface area contributed by atoms with Crippen molar-refractivity contribution < 1.29 is 9.90 Å². The third-order valence-electron chi connectivity index (χ3n) is 2.18. The van der Waals surface area contributed by atoms with Gasteiger partial charge in [0.05, 0.1) is 10.6 Å². The van der Waals surface area contributed by atoms with Crippen molar-refractivity contribution in [2.75, 3.05) is 5.73 Å². The van der Waals surface area contributed by atoms with Gasteiger partial charge in [0.2, 0.25) is 0 Å².